The van der Waals surface area contributed by atoms with Gasteiger partial charge in [0.2, 0.25) is 0 Å². The molecule has 18 bridgehead atoms. The van der Waals surface area contributed by atoms with Crippen LogP contribution in [0.3, 0.4) is 0 Å². The minimum atomic E-state index is -3.51. The average molecular weight is 883 g/mol. The normalized spacial score (nSPS) is 16.0. The molecule has 0 N–H and O–H groups in total. The molecule has 21 heterocycles. The highest BCUT2D eigenvalue weighted by Gasteiger charge is 2.19. The molecule has 0 saturated heterocycles. The molecule has 0 radical (unpaired) electrons. The Labute approximate surface area is 369 Å². The van der Waals surface area contributed by atoms with E-state index in [1.807, 2.05) is 146 Å². The molecule has 0 unspecified atom stereocenters. The fourth-order valence-electron chi connectivity index (χ4n) is 8.69. The second kappa shape index (κ2) is 16.1. The van der Waals surface area contributed by atoms with Crippen molar-refractivity contribution in [3.8, 4) is 66.8 Å². The predicted octanol–water partition coefficient (Wildman–Crippen LogP) is 11.7. The zero-order valence-electron chi connectivity index (χ0n) is 34.2. The van der Waals surface area contributed by atoms with E-state index in [9.17, 15) is 25.3 Å². The van der Waals surface area contributed by atoms with Crippen molar-refractivity contribution in [1.29, 1.82) is 0 Å². The lowest BCUT2D eigenvalue weighted by Crippen LogP contribution is -2.07. The highest BCUT2D eigenvalue weighted by molar-refractivity contribution is 7.90. The highest BCUT2D eigenvalue weighted by atomic mass is 32.2. The van der Waals surface area contributed by atoms with Gasteiger partial charge in [0.05, 0.1) is 34.5 Å². The van der Waals surface area contributed by atoms with E-state index in [0.29, 0.717) is 33.4 Å². The van der Waals surface area contributed by atoms with Gasteiger partial charge in [-0.05, 0) is 137 Å². The first-order valence-corrected chi connectivity index (χ1v) is 26.2. The smallest absolute Gasteiger partial charge is 0.158 e. The van der Waals surface area contributed by atoms with Crippen molar-refractivity contribution in [2.75, 3.05) is 0 Å². The quantitative estimate of drug-likeness (QED) is 0.150. The third kappa shape index (κ3) is 9.23. The maximum absolute atomic E-state index is 13.6. The molecule has 0 aromatic heterocycles. The third-order valence-corrected chi connectivity index (χ3v) is 16.5. The lowest BCUT2D eigenvalue weighted by atomic mass is 9.92. The Morgan fingerprint density at radius 3 is 0.444 bits per heavy atom. The standard InChI is InChI=1S/C54H42O6S3/c55-61(56)31-37-1-13-43(14-2-37)49-25-50-27-51(26-49)45-19-7-40(8-20-45)34-63(59,60)36-42-11-23-48(24-12-42)54-29-52(46-15-3-38(32-61)4-16-46)28-53(30-54)47-21-9-41(10-22-47)35-62(57,58)33-39-5-17-44(50)18-6-39/h1-30H,31-36H2. The molecule has 312 valence electrons. The van der Waals surface area contributed by atoms with Crippen LogP contribution in [0.5, 0.6) is 0 Å². The first-order chi connectivity index (χ1) is 30.3. The van der Waals surface area contributed by atoms with E-state index in [1.165, 1.54) is 0 Å². The summed E-state index contributed by atoms with van der Waals surface area (Å²) < 4.78 is 81.8. The Kier molecular flexibility index (Phi) is 10.4. The first kappa shape index (κ1) is 40.7. The topological polar surface area (TPSA) is 102 Å². The Bertz CT molecular complexity index is 2760. The molecule has 0 atom stereocenters. The summed E-state index contributed by atoms with van der Waals surface area (Å²) in [7, 11) is -10.5. The van der Waals surface area contributed by atoms with Crippen LogP contribution in [-0.2, 0) is 64.0 Å². The van der Waals surface area contributed by atoms with Crippen LogP contribution in [0.2, 0.25) is 0 Å². The van der Waals surface area contributed by atoms with Gasteiger partial charge in [0.15, 0.2) is 29.5 Å². The number of hydrogen-bond acceptors (Lipinski definition) is 6. The van der Waals surface area contributed by atoms with Crippen LogP contribution in [-0.4, -0.2) is 25.3 Å². The molecule has 6 nitrogen and oxygen atoms in total. The highest BCUT2D eigenvalue weighted by Crippen LogP contribution is 2.36. The van der Waals surface area contributed by atoms with Gasteiger partial charge in [-0.25, -0.2) is 25.3 Å². The summed E-state index contributed by atoms with van der Waals surface area (Å²) >= 11 is 0. The van der Waals surface area contributed by atoms with Crippen molar-refractivity contribution in [3.05, 3.63) is 215 Å². The van der Waals surface area contributed by atoms with Gasteiger partial charge < -0.3 is 0 Å². The summed E-state index contributed by atoms with van der Waals surface area (Å²) in [4.78, 5) is 0. The van der Waals surface area contributed by atoms with Gasteiger partial charge in [0.25, 0.3) is 0 Å². The molecule has 0 amide bonds. The summed E-state index contributed by atoms with van der Waals surface area (Å²) in [5.41, 5.74) is 15.0. The molecule has 29 rings (SSSR count). The van der Waals surface area contributed by atoms with E-state index >= 15 is 0 Å². The van der Waals surface area contributed by atoms with Gasteiger partial charge in [-0.3, -0.25) is 0 Å². The Hall–Kier alpha value is -6.39. The molecular formula is C54H42O6S3. The van der Waals surface area contributed by atoms with Crippen LogP contribution >= 0.6 is 0 Å². The van der Waals surface area contributed by atoms with Crippen molar-refractivity contribution in [1.82, 2.24) is 0 Å². The minimum Gasteiger partial charge on any atom is -0.228 e. The molecule has 21 aliphatic rings. The van der Waals surface area contributed by atoms with Crippen LogP contribution in [0, 0.1) is 0 Å². The number of sulfone groups is 3. The lowest BCUT2D eigenvalue weighted by molar-refractivity contribution is 0.592. The minimum absolute atomic E-state index is 0.104. The van der Waals surface area contributed by atoms with Gasteiger partial charge >= 0.3 is 0 Å². The van der Waals surface area contributed by atoms with Crippen LogP contribution in [0.1, 0.15) is 33.4 Å². The van der Waals surface area contributed by atoms with Gasteiger partial charge in [-0.15, -0.1) is 0 Å². The van der Waals surface area contributed by atoms with Crippen molar-refractivity contribution in [3.63, 3.8) is 0 Å². The molecule has 0 aliphatic carbocycles. The Morgan fingerprint density at radius 1 is 0.190 bits per heavy atom. The van der Waals surface area contributed by atoms with Crippen molar-refractivity contribution in [2.45, 2.75) is 34.5 Å². The lowest BCUT2D eigenvalue weighted by Gasteiger charge is -2.14. The molecular weight excluding hydrogens is 841 g/mol. The van der Waals surface area contributed by atoms with E-state index < -0.39 is 29.5 Å². The summed E-state index contributed by atoms with van der Waals surface area (Å²) in [6.07, 6.45) is 0. The fraction of sp³-hybridized carbons (Fsp3) is 0.111. The second-order valence-electron chi connectivity index (χ2n) is 16.9. The van der Waals surface area contributed by atoms with Crippen LogP contribution in [0.25, 0.3) is 66.8 Å². The van der Waals surface area contributed by atoms with Crippen LogP contribution in [0.4, 0.5) is 0 Å². The summed E-state index contributed by atoms with van der Waals surface area (Å²) in [6, 6.07) is 58.1. The van der Waals surface area contributed by atoms with E-state index in [1.54, 1.807) is 0 Å². The van der Waals surface area contributed by atoms with Gasteiger partial charge in [0.1, 0.15) is 0 Å². The van der Waals surface area contributed by atoms with E-state index in [0.717, 1.165) is 66.8 Å². The van der Waals surface area contributed by atoms with Crippen molar-refractivity contribution >= 4 is 29.5 Å². The molecule has 0 saturated carbocycles. The number of rotatable bonds is 0. The molecule has 0 spiro atoms. The van der Waals surface area contributed by atoms with Crippen LogP contribution in [0.15, 0.2) is 182 Å². The fourth-order valence-corrected chi connectivity index (χ4v) is 13.2. The molecule has 9 heteroatoms. The molecule has 8 aromatic rings. The van der Waals surface area contributed by atoms with Gasteiger partial charge in [0, 0.05) is 0 Å². The second-order valence-corrected chi connectivity index (χ2v) is 23.1. The zero-order chi connectivity index (χ0) is 43.3. The van der Waals surface area contributed by atoms with Crippen molar-refractivity contribution < 1.29 is 25.3 Å². The maximum atomic E-state index is 13.6. The molecule has 8 aromatic carbocycles. The number of hydrogen-bond donors (Lipinski definition) is 0. The van der Waals surface area contributed by atoms with E-state index in [2.05, 4.69) is 36.4 Å². The Balaban J connectivity index is 1.16. The predicted molar refractivity (Wildman–Crippen MR) is 254 cm³/mol. The summed E-state index contributed by atoms with van der Waals surface area (Å²) in [5, 5.41) is 0. The number of benzene rings is 8. The maximum Gasteiger partial charge on any atom is 0.158 e. The van der Waals surface area contributed by atoms with E-state index in [4.69, 9.17) is 0 Å². The average Bonchev–Trinajstić information content (AvgIpc) is 3.26. The summed E-state index contributed by atoms with van der Waals surface area (Å²) in [6.45, 7) is 0. The molecule has 0 fully saturated rings. The van der Waals surface area contributed by atoms with Gasteiger partial charge in [-0.1, -0.05) is 146 Å². The zero-order valence-corrected chi connectivity index (χ0v) is 36.7. The Morgan fingerprint density at radius 2 is 0.317 bits per heavy atom. The molecule has 63 heavy (non-hydrogen) atoms. The van der Waals surface area contributed by atoms with E-state index in [-0.39, 0.29) is 34.5 Å². The monoisotopic (exact) mass is 882 g/mol. The third-order valence-electron chi connectivity index (χ3n) is 11.9. The first-order valence-electron chi connectivity index (χ1n) is 20.7. The SMILES string of the molecule is O=S1(=O)Cc2ccc(cc2)-c2cc3cc(c2)-c2ccc(cc2)CS(=O)(=O)Cc2ccc(cc2)-c2cc(cc(c2)-c2ccc(cc2)CS(=O)(=O)Cc2ccc-3cc2)-c2ccc(cc2)C1. The van der Waals surface area contributed by atoms with Crippen molar-refractivity contribution in [2.24, 2.45) is 0 Å². The van der Waals surface area contributed by atoms with Crippen LogP contribution < -0.4 is 0 Å². The van der Waals surface area contributed by atoms with Gasteiger partial charge in [-0.2, -0.15) is 0 Å². The largest absolute Gasteiger partial charge is 0.228 e. The molecule has 21 aliphatic heterocycles. The summed E-state index contributed by atoms with van der Waals surface area (Å²) in [5.74, 6) is -0.622.